The van der Waals surface area contributed by atoms with Crippen LogP contribution < -0.4 is 14.4 Å². The van der Waals surface area contributed by atoms with Crippen LogP contribution in [-0.4, -0.2) is 30.5 Å². The monoisotopic (exact) mass is 479 g/mol. The Morgan fingerprint density at radius 1 is 1.12 bits per heavy atom. The first-order valence-corrected chi connectivity index (χ1v) is 10.9. The number of carbonyl (C=O) groups excluding carboxylic acids is 2. The lowest BCUT2D eigenvalue weighted by atomic mass is 9.94. The SMILES string of the molecule is COc1ccc(N2C(=O)C(=O)/C(=C(\O)c3ccc4c(c3)CCO4)C2c2ccc(F)cc2)cc1Cl. The predicted octanol–water partition coefficient (Wildman–Crippen LogP) is 5.05. The van der Waals surface area contributed by atoms with E-state index in [0.717, 1.165) is 11.3 Å². The topological polar surface area (TPSA) is 76.1 Å². The van der Waals surface area contributed by atoms with Gasteiger partial charge >= 0.3 is 0 Å². The minimum absolute atomic E-state index is 0.0950. The Bertz CT molecular complexity index is 1350. The quantitative estimate of drug-likeness (QED) is 0.322. The summed E-state index contributed by atoms with van der Waals surface area (Å²) in [5.41, 5.74) is 1.99. The van der Waals surface area contributed by atoms with Crippen LogP contribution in [0.2, 0.25) is 5.02 Å². The maximum Gasteiger partial charge on any atom is 0.300 e. The van der Waals surface area contributed by atoms with Crippen LogP contribution in [0.5, 0.6) is 11.5 Å². The van der Waals surface area contributed by atoms with Gasteiger partial charge in [-0.2, -0.15) is 0 Å². The lowest BCUT2D eigenvalue weighted by Gasteiger charge is -2.26. The number of hydrogen-bond acceptors (Lipinski definition) is 5. The fourth-order valence-corrected chi connectivity index (χ4v) is 4.61. The molecule has 5 rings (SSSR count). The molecule has 2 aliphatic rings. The Morgan fingerprint density at radius 2 is 1.88 bits per heavy atom. The highest BCUT2D eigenvalue weighted by molar-refractivity contribution is 6.51. The van der Waals surface area contributed by atoms with Gasteiger partial charge in [0.15, 0.2) is 0 Å². The van der Waals surface area contributed by atoms with Crippen molar-refractivity contribution in [1.82, 2.24) is 0 Å². The standard InChI is InChI=1S/C26H19ClFNO5/c1-33-21-9-7-18(13-19(21)27)29-23(14-2-5-17(28)6-3-14)22(25(31)26(29)32)24(30)16-4-8-20-15(12-16)10-11-34-20/h2-9,12-13,23,30H,10-11H2,1H3/b24-22-. The number of aliphatic hydroxyl groups excluding tert-OH is 1. The Morgan fingerprint density at radius 3 is 2.59 bits per heavy atom. The van der Waals surface area contributed by atoms with Crippen LogP contribution in [-0.2, 0) is 16.0 Å². The molecule has 34 heavy (non-hydrogen) atoms. The molecule has 1 saturated heterocycles. The van der Waals surface area contributed by atoms with Gasteiger partial charge in [0.2, 0.25) is 0 Å². The van der Waals surface area contributed by atoms with Crippen molar-refractivity contribution in [1.29, 1.82) is 0 Å². The number of nitrogens with zero attached hydrogens (tertiary/aromatic N) is 1. The van der Waals surface area contributed by atoms with Gasteiger partial charge in [0.05, 0.1) is 30.4 Å². The molecule has 8 heteroatoms. The molecule has 6 nitrogen and oxygen atoms in total. The van der Waals surface area contributed by atoms with Crippen molar-refractivity contribution in [2.45, 2.75) is 12.5 Å². The molecule has 1 fully saturated rings. The third-order valence-electron chi connectivity index (χ3n) is 6.01. The molecular formula is C26H19ClFNO5. The molecule has 0 aliphatic carbocycles. The van der Waals surface area contributed by atoms with E-state index >= 15 is 0 Å². The summed E-state index contributed by atoms with van der Waals surface area (Å²) in [6.45, 7) is 0.539. The van der Waals surface area contributed by atoms with E-state index < -0.39 is 23.5 Å². The first kappa shape index (κ1) is 22.0. The molecule has 0 radical (unpaired) electrons. The zero-order chi connectivity index (χ0) is 24.0. The number of rotatable bonds is 4. The second-order valence-corrected chi connectivity index (χ2v) is 8.37. The summed E-state index contributed by atoms with van der Waals surface area (Å²) in [5.74, 6) is -1.34. The molecule has 1 unspecified atom stereocenters. The van der Waals surface area contributed by atoms with Crippen molar-refractivity contribution in [3.8, 4) is 11.5 Å². The van der Waals surface area contributed by atoms with Crippen LogP contribution >= 0.6 is 11.6 Å². The van der Waals surface area contributed by atoms with Crippen molar-refractivity contribution in [2.75, 3.05) is 18.6 Å². The minimum atomic E-state index is -0.991. The Labute approximate surface area is 199 Å². The molecule has 2 heterocycles. The largest absolute Gasteiger partial charge is 0.507 e. The van der Waals surface area contributed by atoms with Crippen molar-refractivity contribution in [2.24, 2.45) is 0 Å². The van der Waals surface area contributed by atoms with Crippen molar-refractivity contribution in [3.63, 3.8) is 0 Å². The van der Waals surface area contributed by atoms with Crippen LogP contribution in [0.3, 0.4) is 0 Å². The summed E-state index contributed by atoms with van der Waals surface area (Å²) in [6, 6.07) is 14.2. The van der Waals surface area contributed by atoms with Crippen molar-refractivity contribution in [3.05, 3.63) is 93.8 Å². The minimum Gasteiger partial charge on any atom is -0.507 e. The number of Topliss-reactive ketones (excluding diaryl/α,β-unsaturated/α-hetero) is 1. The van der Waals surface area contributed by atoms with E-state index in [4.69, 9.17) is 21.1 Å². The molecule has 1 N–H and O–H groups in total. The third kappa shape index (κ3) is 3.58. The van der Waals surface area contributed by atoms with E-state index in [1.807, 2.05) is 0 Å². The number of carbonyl (C=O) groups is 2. The van der Waals surface area contributed by atoms with E-state index in [0.29, 0.717) is 35.6 Å². The molecule has 1 atom stereocenters. The molecular weight excluding hydrogens is 461 g/mol. The average molecular weight is 480 g/mol. The molecule has 172 valence electrons. The summed E-state index contributed by atoms with van der Waals surface area (Å²) in [7, 11) is 1.47. The van der Waals surface area contributed by atoms with Crippen molar-refractivity contribution < 1.29 is 28.6 Å². The number of methoxy groups -OCH3 is 1. The first-order valence-electron chi connectivity index (χ1n) is 10.5. The van der Waals surface area contributed by atoms with Crippen LogP contribution in [0.25, 0.3) is 5.76 Å². The van der Waals surface area contributed by atoms with Gasteiger partial charge < -0.3 is 14.6 Å². The highest BCUT2D eigenvalue weighted by Crippen LogP contribution is 2.44. The van der Waals surface area contributed by atoms with Gasteiger partial charge in [0.25, 0.3) is 11.7 Å². The van der Waals surface area contributed by atoms with Gasteiger partial charge in [-0.1, -0.05) is 23.7 Å². The maximum atomic E-state index is 13.7. The number of benzene rings is 3. The maximum absolute atomic E-state index is 13.7. The smallest absolute Gasteiger partial charge is 0.300 e. The Kier molecular flexibility index (Phi) is 5.49. The van der Waals surface area contributed by atoms with E-state index in [1.54, 1.807) is 30.3 Å². The number of ether oxygens (including phenoxy) is 2. The molecule has 1 amide bonds. The molecule has 3 aromatic carbocycles. The highest BCUT2D eigenvalue weighted by atomic mass is 35.5. The average Bonchev–Trinajstić information content (AvgIpc) is 3.41. The van der Waals surface area contributed by atoms with Gasteiger partial charge in [-0.3, -0.25) is 14.5 Å². The van der Waals surface area contributed by atoms with Crippen LogP contribution in [0.4, 0.5) is 10.1 Å². The molecule has 0 bridgehead atoms. The van der Waals surface area contributed by atoms with Crippen LogP contribution in [0, 0.1) is 5.82 Å². The number of fused-ring (bicyclic) bond motifs is 1. The first-order chi connectivity index (χ1) is 16.4. The van der Waals surface area contributed by atoms with Gasteiger partial charge in [-0.25, -0.2) is 4.39 Å². The van der Waals surface area contributed by atoms with Gasteiger partial charge in [0.1, 0.15) is 23.1 Å². The van der Waals surface area contributed by atoms with Crippen LogP contribution in [0.1, 0.15) is 22.7 Å². The number of ketones is 1. The second-order valence-electron chi connectivity index (χ2n) is 7.96. The van der Waals surface area contributed by atoms with E-state index in [9.17, 15) is 19.1 Å². The molecule has 3 aromatic rings. The van der Waals surface area contributed by atoms with E-state index in [-0.39, 0.29) is 16.4 Å². The number of aliphatic hydroxyl groups is 1. The molecule has 2 aliphatic heterocycles. The highest BCUT2D eigenvalue weighted by Gasteiger charge is 2.47. The molecule has 0 spiro atoms. The normalized spacial score (nSPS) is 18.7. The van der Waals surface area contributed by atoms with E-state index in [1.165, 1.54) is 42.3 Å². The number of hydrogen-bond donors (Lipinski definition) is 1. The van der Waals surface area contributed by atoms with Crippen LogP contribution in [0.15, 0.2) is 66.2 Å². The fourth-order valence-electron chi connectivity index (χ4n) is 4.35. The number of halogens is 2. The number of amides is 1. The summed E-state index contributed by atoms with van der Waals surface area (Å²) in [4.78, 5) is 27.7. The molecule has 0 aromatic heterocycles. The van der Waals surface area contributed by atoms with Gasteiger partial charge in [-0.15, -0.1) is 0 Å². The zero-order valence-corrected chi connectivity index (χ0v) is 18.8. The molecule has 0 saturated carbocycles. The summed E-state index contributed by atoms with van der Waals surface area (Å²) in [5, 5.41) is 11.5. The van der Waals surface area contributed by atoms with E-state index in [2.05, 4.69) is 0 Å². The summed E-state index contributed by atoms with van der Waals surface area (Å²) >= 11 is 6.28. The lowest BCUT2D eigenvalue weighted by Crippen LogP contribution is -2.29. The summed E-state index contributed by atoms with van der Waals surface area (Å²) in [6.07, 6.45) is 0.677. The summed E-state index contributed by atoms with van der Waals surface area (Å²) < 4.78 is 24.4. The number of anilines is 1. The zero-order valence-electron chi connectivity index (χ0n) is 18.0. The van der Waals surface area contributed by atoms with Gasteiger partial charge in [0, 0.05) is 17.7 Å². The Hall–Kier alpha value is -3.84. The fraction of sp³-hybridized carbons (Fsp3) is 0.154. The Balaban J connectivity index is 1.69. The predicted molar refractivity (Wildman–Crippen MR) is 125 cm³/mol. The van der Waals surface area contributed by atoms with Crippen molar-refractivity contribution >= 4 is 34.7 Å². The third-order valence-corrected chi connectivity index (χ3v) is 6.30. The van der Waals surface area contributed by atoms with Gasteiger partial charge in [-0.05, 0) is 59.7 Å². The second kappa shape index (κ2) is 8.50. The lowest BCUT2D eigenvalue weighted by molar-refractivity contribution is -0.132.